The molecule has 3 heterocycles. The van der Waals surface area contributed by atoms with Crippen LogP contribution >= 0.6 is 0 Å². The summed E-state index contributed by atoms with van der Waals surface area (Å²) in [5.41, 5.74) is 7.66. The average Bonchev–Trinajstić information content (AvgIpc) is 3.81. The maximum Gasteiger partial charge on any atom is 0.407 e. The maximum absolute atomic E-state index is 14.1. The Kier molecular flexibility index (Phi) is 22.9. The number of alkyl carbamates (subject to hydrolysis) is 1. The largest absolute Gasteiger partial charge is 0.480 e. The van der Waals surface area contributed by atoms with Gasteiger partial charge in [0.25, 0.3) is 5.91 Å². The van der Waals surface area contributed by atoms with Crippen molar-refractivity contribution in [3.63, 3.8) is 0 Å². The van der Waals surface area contributed by atoms with E-state index in [-0.39, 0.29) is 37.7 Å². The molecule has 0 spiro atoms. The quantitative estimate of drug-likeness (QED) is 0.0222. The number of fused-ring (bicyclic) bond motifs is 2. The van der Waals surface area contributed by atoms with E-state index in [2.05, 4.69) is 52.2 Å². The Morgan fingerprint density at radius 3 is 2.30 bits per heavy atom. The summed E-state index contributed by atoms with van der Waals surface area (Å²) in [5.74, 6) is -1.42. The van der Waals surface area contributed by atoms with Crippen LogP contribution in [0.15, 0.2) is 69.7 Å². The summed E-state index contributed by atoms with van der Waals surface area (Å²) >= 11 is 0. The van der Waals surface area contributed by atoms with Gasteiger partial charge in [0.05, 0.1) is 44.4 Å². The number of benzene rings is 3. The highest BCUT2D eigenvalue weighted by atomic mass is 16.6. The number of esters is 1. The minimum Gasteiger partial charge on any atom is -0.480 e. The van der Waals surface area contributed by atoms with Crippen molar-refractivity contribution < 1.29 is 66.7 Å². The molecule has 21 nitrogen and oxygen atoms in total. The van der Waals surface area contributed by atoms with E-state index in [0.29, 0.717) is 95.4 Å². The molecular formula is C55H75N7O14. The number of carbonyl (C=O) groups is 5. The number of rotatable bonds is 30. The monoisotopic (exact) mass is 1060 g/mol. The summed E-state index contributed by atoms with van der Waals surface area (Å²) in [5, 5.41) is 22.9. The number of aryl methyl sites for hydroxylation is 2. The average molecular weight is 1060 g/mol. The number of ether oxygens (including phenoxy) is 7. The van der Waals surface area contributed by atoms with Gasteiger partial charge in [0, 0.05) is 92.4 Å². The van der Waals surface area contributed by atoms with Crippen molar-refractivity contribution in [3.05, 3.63) is 82.4 Å². The molecule has 4 aliphatic rings. The van der Waals surface area contributed by atoms with Gasteiger partial charge in [-0.3, -0.25) is 20.0 Å². The minimum absolute atomic E-state index is 0.00832. The molecule has 4 atom stereocenters. The lowest BCUT2D eigenvalue weighted by Crippen LogP contribution is -2.56. The number of anilines is 1. The van der Waals surface area contributed by atoms with Crippen LogP contribution in [0.5, 0.6) is 0 Å². The van der Waals surface area contributed by atoms with Gasteiger partial charge in [-0.15, -0.1) is 0 Å². The van der Waals surface area contributed by atoms with E-state index in [1.807, 2.05) is 64.1 Å². The molecular weight excluding hydrogens is 983 g/mol. The Morgan fingerprint density at radius 2 is 1.59 bits per heavy atom. The first-order chi connectivity index (χ1) is 36.7. The van der Waals surface area contributed by atoms with Crippen LogP contribution in [0.25, 0.3) is 33.4 Å². The number of nitrogens with zero attached hydrogens (tertiary/aromatic N) is 3. The fraction of sp³-hybridized carbons (Fsp3) is 0.527. The Bertz CT molecular complexity index is 2680. The zero-order valence-corrected chi connectivity index (χ0v) is 44.8. The highest BCUT2D eigenvalue weighted by molar-refractivity contribution is 6.09. The Labute approximate surface area is 443 Å². The van der Waals surface area contributed by atoms with E-state index in [1.54, 1.807) is 18.1 Å². The molecule has 21 heteroatoms. The van der Waals surface area contributed by atoms with Crippen LogP contribution in [0, 0.1) is 13.8 Å². The van der Waals surface area contributed by atoms with Gasteiger partial charge in [-0.1, -0.05) is 25.1 Å². The van der Waals surface area contributed by atoms with E-state index in [4.69, 9.17) is 42.7 Å². The number of urea groups is 1. The molecule has 4 amide bonds. The molecule has 1 aliphatic carbocycles. The van der Waals surface area contributed by atoms with Crippen LogP contribution < -0.4 is 26.6 Å². The molecule has 1 saturated heterocycles. The number of carbonyl (C=O) groups excluding carboxylic acids is 4. The normalized spacial score (nSPS) is 17.7. The van der Waals surface area contributed by atoms with Gasteiger partial charge in [-0.2, -0.15) is 0 Å². The van der Waals surface area contributed by atoms with Crippen molar-refractivity contribution in [2.24, 2.45) is 4.99 Å². The van der Waals surface area contributed by atoms with Crippen molar-refractivity contribution in [1.29, 1.82) is 0 Å². The molecule has 76 heavy (non-hydrogen) atoms. The number of carboxylic acids is 1. The maximum atomic E-state index is 14.1. The van der Waals surface area contributed by atoms with Gasteiger partial charge < -0.3 is 63.5 Å². The van der Waals surface area contributed by atoms with Gasteiger partial charge >= 0.3 is 24.1 Å². The van der Waals surface area contributed by atoms with Crippen LogP contribution in [-0.2, 0) is 42.7 Å². The van der Waals surface area contributed by atoms with Crippen LogP contribution in [-0.4, -0.2) is 169 Å². The fourth-order valence-electron chi connectivity index (χ4n) is 8.92. The molecule has 0 bridgehead atoms. The fourth-order valence-corrected chi connectivity index (χ4v) is 8.92. The molecule has 6 rings (SSSR count). The Hall–Kier alpha value is -6.62. The Balaban J connectivity index is 0.818. The number of carboxylic acid groups (broad SMARTS) is 1. The lowest BCUT2D eigenvalue weighted by molar-refractivity contribution is -0.159. The number of hydrogen-bond donors (Lipinski definition) is 5. The second kappa shape index (κ2) is 29.6. The first-order valence-corrected chi connectivity index (χ1v) is 26.1. The van der Waals surface area contributed by atoms with Crippen LogP contribution in [0.2, 0.25) is 0 Å². The van der Waals surface area contributed by atoms with E-state index in [1.165, 1.54) is 4.90 Å². The zero-order valence-electron chi connectivity index (χ0n) is 44.8. The van der Waals surface area contributed by atoms with Crippen LogP contribution in [0.1, 0.15) is 74.9 Å². The first kappa shape index (κ1) is 58.6. The van der Waals surface area contributed by atoms with Gasteiger partial charge in [0.1, 0.15) is 49.7 Å². The number of nitrogens with one attached hydrogen (secondary N) is 4. The van der Waals surface area contributed by atoms with E-state index < -0.39 is 49.7 Å². The number of amides is 4. The molecule has 0 radical (unpaired) electrons. The van der Waals surface area contributed by atoms with Crippen molar-refractivity contribution in [1.82, 2.24) is 25.8 Å². The lowest BCUT2D eigenvalue weighted by Gasteiger charge is -2.34. The molecule has 0 saturated carbocycles. The number of hydrogen-bond acceptors (Lipinski definition) is 16. The van der Waals surface area contributed by atoms with Crippen molar-refractivity contribution in [3.8, 4) is 22.5 Å². The predicted molar refractivity (Wildman–Crippen MR) is 284 cm³/mol. The standard InChI is InChI=1S/C55H75N7O14/c1-8-44-47(76-50(65)34-72-33-49(63)64)31-48(75-44)62-32-37(6)52(60-54(62)67)58-17-13-20-69-23-25-71-26-24-70-21-14-18-59-55(68)73-22-19-61(7)53(66)39-16-12-11-15-38(39)51-40-27-35(4)42(56-9-2)29-45(40)74-46-30-43(57-10-3)36(5)28-41(46)51/h11-12,15-16,27-30,32,44,47-48,52,56,58H,8-10,13-14,17-26,31,33-34H2,1-7H3,(H,59,68)(H,60,67)(H,63,64). The molecule has 2 aromatic carbocycles. The molecule has 414 valence electrons. The van der Waals surface area contributed by atoms with Crippen LogP contribution in [0.4, 0.5) is 15.3 Å². The third kappa shape index (κ3) is 16.4. The third-order valence-corrected chi connectivity index (χ3v) is 12.7. The summed E-state index contributed by atoms with van der Waals surface area (Å²) in [7, 11) is 1.70. The molecule has 5 N–H and O–H groups in total. The topological polar surface area (TPSA) is 250 Å². The van der Waals surface area contributed by atoms with Crippen molar-refractivity contribution in [2.45, 2.75) is 91.8 Å². The van der Waals surface area contributed by atoms with E-state index in [9.17, 15) is 24.0 Å². The summed E-state index contributed by atoms with van der Waals surface area (Å²) in [6.45, 7) is 15.9. The highest BCUT2D eigenvalue weighted by Gasteiger charge is 2.42. The lowest BCUT2D eigenvalue weighted by atomic mass is 9.89. The SMILES string of the molecule is CCN=c1cc2oc3cc(NCC)c(C)cc3c(-c3ccccc3C(=O)N(C)CCOC(=O)NCCCOCCOCCOCCCNC3NC(=O)N(C4CC(OC(=O)COCC(=O)O)C(CC)O4)C=C3C)c-2cc1C. The minimum atomic E-state index is -1.19. The van der Waals surface area contributed by atoms with Crippen molar-refractivity contribution >= 4 is 46.6 Å². The molecule has 1 fully saturated rings. The van der Waals surface area contributed by atoms with Gasteiger partial charge in [0.2, 0.25) is 0 Å². The molecule has 4 unspecified atom stereocenters. The number of likely N-dealkylation sites (N-methyl/N-ethyl adjacent to an activating group) is 1. The summed E-state index contributed by atoms with van der Waals surface area (Å²) in [4.78, 5) is 70.2. The molecule has 0 aromatic heterocycles. The second-order valence-electron chi connectivity index (χ2n) is 18.5. The Morgan fingerprint density at radius 1 is 0.868 bits per heavy atom. The predicted octanol–water partition coefficient (Wildman–Crippen LogP) is 6.18. The zero-order chi connectivity index (χ0) is 54.6. The van der Waals surface area contributed by atoms with Gasteiger partial charge in [0.15, 0.2) is 0 Å². The molecule has 3 aliphatic heterocycles. The van der Waals surface area contributed by atoms with Crippen LogP contribution in [0.3, 0.4) is 0 Å². The van der Waals surface area contributed by atoms with E-state index >= 15 is 0 Å². The number of aliphatic carboxylic acids is 1. The summed E-state index contributed by atoms with van der Waals surface area (Å²) in [6, 6.07) is 15.4. The highest BCUT2D eigenvalue weighted by Crippen LogP contribution is 2.43. The second-order valence-corrected chi connectivity index (χ2v) is 18.5. The smallest absolute Gasteiger partial charge is 0.407 e. The first-order valence-electron chi connectivity index (χ1n) is 26.1. The third-order valence-electron chi connectivity index (χ3n) is 12.7. The summed E-state index contributed by atoms with van der Waals surface area (Å²) in [6.07, 6.45) is 1.18. The summed E-state index contributed by atoms with van der Waals surface area (Å²) < 4.78 is 45.2. The van der Waals surface area contributed by atoms with E-state index in [0.717, 1.165) is 56.4 Å². The van der Waals surface area contributed by atoms with Crippen molar-refractivity contribution in [2.75, 3.05) is 105 Å². The van der Waals surface area contributed by atoms with Gasteiger partial charge in [-0.05, 0) is 101 Å². The molecule has 2 aromatic rings. The van der Waals surface area contributed by atoms with Gasteiger partial charge in [-0.25, -0.2) is 19.2 Å².